The Morgan fingerprint density at radius 3 is 2.38 bits per heavy atom. The van der Waals surface area contributed by atoms with Crippen LogP contribution in [-0.2, 0) is 9.53 Å². The van der Waals surface area contributed by atoms with Crippen molar-refractivity contribution in [3.05, 3.63) is 70.7 Å². The number of anilines is 1. The number of carbonyl (C=O) groups is 3. The lowest BCUT2D eigenvalue weighted by molar-refractivity contribution is -0.130. The molecule has 0 bridgehead atoms. The molecule has 160 valence electrons. The zero-order valence-electron chi connectivity index (χ0n) is 16.6. The van der Waals surface area contributed by atoms with Gasteiger partial charge in [-0.15, -0.1) is 11.3 Å². The second kappa shape index (κ2) is 9.32. The number of carboxylic acid groups (broad SMARTS) is 1. The van der Waals surface area contributed by atoms with Crippen LogP contribution in [0, 0.1) is 11.8 Å². The van der Waals surface area contributed by atoms with E-state index in [2.05, 4.69) is 33.7 Å². The molecule has 0 unspecified atom stereocenters. The van der Waals surface area contributed by atoms with Gasteiger partial charge in [0.25, 0.3) is 5.91 Å². The fraction of sp³-hybridized carbons (Fsp3) is 0.130. The monoisotopic (exact) mass is 447 g/mol. The summed E-state index contributed by atoms with van der Waals surface area (Å²) in [6.07, 6.45) is -0.666. The van der Waals surface area contributed by atoms with Gasteiger partial charge in [-0.05, 0) is 22.3 Å². The molecular weight excluding hydrogens is 430 g/mol. The Kier molecular flexibility index (Phi) is 6.14. The second-order valence-corrected chi connectivity index (χ2v) is 7.64. The molecular formula is C23H17N3O5S. The summed E-state index contributed by atoms with van der Waals surface area (Å²) >= 11 is 1.07. The van der Waals surface area contributed by atoms with E-state index in [1.165, 1.54) is 5.38 Å². The van der Waals surface area contributed by atoms with Crippen LogP contribution < -0.4 is 10.6 Å². The summed E-state index contributed by atoms with van der Waals surface area (Å²) in [6.45, 7) is 0.0403. The SMILES string of the molecule is O=C(O)C#CCNC(=O)c1csc(NC(=O)OCC2c3ccccc3-c3ccccc32)n1. The minimum absolute atomic E-state index is 0.0577. The van der Waals surface area contributed by atoms with E-state index in [1.807, 2.05) is 42.3 Å². The van der Waals surface area contributed by atoms with Crippen LogP contribution in [0.1, 0.15) is 27.5 Å². The minimum Gasteiger partial charge on any atom is -0.472 e. The summed E-state index contributed by atoms with van der Waals surface area (Å²) in [5, 5.41) is 15.1. The van der Waals surface area contributed by atoms with Crippen molar-refractivity contribution in [2.24, 2.45) is 0 Å². The number of benzene rings is 2. The zero-order valence-corrected chi connectivity index (χ0v) is 17.4. The number of fused-ring (bicyclic) bond motifs is 3. The van der Waals surface area contributed by atoms with Crippen molar-refractivity contribution in [1.82, 2.24) is 10.3 Å². The molecule has 1 aliphatic carbocycles. The first-order valence-electron chi connectivity index (χ1n) is 9.60. The predicted molar refractivity (Wildman–Crippen MR) is 119 cm³/mol. The third-order valence-electron chi connectivity index (χ3n) is 4.82. The number of carbonyl (C=O) groups excluding carboxylic acids is 2. The first-order chi connectivity index (χ1) is 15.5. The minimum atomic E-state index is -1.28. The number of nitrogens with zero attached hydrogens (tertiary/aromatic N) is 1. The number of nitrogens with one attached hydrogen (secondary N) is 2. The van der Waals surface area contributed by atoms with E-state index in [4.69, 9.17) is 9.84 Å². The summed E-state index contributed by atoms with van der Waals surface area (Å²) < 4.78 is 5.46. The molecule has 0 fully saturated rings. The maximum atomic E-state index is 12.3. The van der Waals surface area contributed by atoms with E-state index in [1.54, 1.807) is 0 Å². The molecule has 0 aliphatic heterocycles. The third-order valence-corrected chi connectivity index (χ3v) is 5.58. The Hall–Kier alpha value is -4.16. The Balaban J connectivity index is 1.34. The lowest BCUT2D eigenvalue weighted by Gasteiger charge is -2.14. The largest absolute Gasteiger partial charge is 0.472 e. The van der Waals surface area contributed by atoms with Gasteiger partial charge in [0.1, 0.15) is 12.3 Å². The maximum Gasteiger partial charge on any atom is 0.413 e. The molecule has 1 aromatic heterocycles. The second-order valence-electron chi connectivity index (χ2n) is 6.78. The Morgan fingerprint density at radius 2 is 1.72 bits per heavy atom. The molecule has 0 spiro atoms. The molecule has 2 amide bonds. The van der Waals surface area contributed by atoms with Gasteiger partial charge in [0.05, 0.1) is 6.54 Å². The van der Waals surface area contributed by atoms with Crippen LogP contribution in [0.5, 0.6) is 0 Å². The molecule has 9 heteroatoms. The van der Waals surface area contributed by atoms with Crippen molar-refractivity contribution < 1.29 is 24.2 Å². The fourth-order valence-electron chi connectivity index (χ4n) is 3.49. The average molecular weight is 447 g/mol. The van der Waals surface area contributed by atoms with Crippen LogP contribution in [-0.4, -0.2) is 41.2 Å². The van der Waals surface area contributed by atoms with Gasteiger partial charge in [0, 0.05) is 17.2 Å². The Labute approximate surface area is 187 Å². The summed E-state index contributed by atoms with van der Waals surface area (Å²) in [6, 6.07) is 16.1. The molecule has 1 aliphatic rings. The van der Waals surface area contributed by atoms with Crippen LogP contribution in [0.15, 0.2) is 53.9 Å². The van der Waals surface area contributed by atoms with E-state index in [-0.39, 0.29) is 29.9 Å². The highest BCUT2D eigenvalue weighted by atomic mass is 32.1. The van der Waals surface area contributed by atoms with E-state index in [0.29, 0.717) is 0 Å². The van der Waals surface area contributed by atoms with Gasteiger partial charge >= 0.3 is 12.1 Å². The quantitative estimate of drug-likeness (QED) is 0.517. The smallest absolute Gasteiger partial charge is 0.413 e. The van der Waals surface area contributed by atoms with Gasteiger partial charge in [-0.3, -0.25) is 10.1 Å². The molecule has 2 aromatic carbocycles. The number of hydrogen-bond acceptors (Lipinski definition) is 6. The van der Waals surface area contributed by atoms with Gasteiger partial charge in [-0.25, -0.2) is 14.6 Å². The first kappa shape index (κ1) is 21.1. The van der Waals surface area contributed by atoms with Crippen LogP contribution in [0.4, 0.5) is 9.93 Å². The highest BCUT2D eigenvalue weighted by Gasteiger charge is 2.29. The van der Waals surface area contributed by atoms with E-state index >= 15 is 0 Å². The van der Waals surface area contributed by atoms with Gasteiger partial charge in [0.2, 0.25) is 0 Å². The predicted octanol–water partition coefficient (Wildman–Crippen LogP) is 3.32. The molecule has 32 heavy (non-hydrogen) atoms. The van der Waals surface area contributed by atoms with Gasteiger partial charge in [0.15, 0.2) is 5.13 Å². The maximum absolute atomic E-state index is 12.3. The van der Waals surface area contributed by atoms with Crippen molar-refractivity contribution in [2.75, 3.05) is 18.5 Å². The van der Waals surface area contributed by atoms with Crippen molar-refractivity contribution in [1.29, 1.82) is 0 Å². The number of carboxylic acids is 1. The Bertz CT molecular complexity index is 1210. The number of thiazole rings is 1. The van der Waals surface area contributed by atoms with Gasteiger partial charge < -0.3 is 15.2 Å². The molecule has 4 rings (SSSR count). The number of rotatable bonds is 5. The van der Waals surface area contributed by atoms with Crippen LogP contribution in [0.3, 0.4) is 0 Å². The van der Waals surface area contributed by atoms with E-state index < -0.39 is 18.0 Å². The van der Waals surface area contributed by atoms with E-state index in [9.17, 15) is 14.4 Å². The van der Waals surface area contributed by atoms with Gasteiger partial charge in [-0.1, -0.05) is 54.5 Å². The Morgan fingerprint density at radius 1 is 1.06 bits per heavy atom. The highest BCUT2D eigenvalue weighted by Crippen LogP contribution is 2.44. The zero-order chi connectivity index (χ0) is 22.5. The summed E-state index contributed by atoms with van der Waals surface area (Å²) in [5.41, 5.74) is 4.59. The van der Waals surface area contributed by atoms with Crippen molar-refractivity contribution in [2.45, 2.75) is 5.92 Å². The number of aliphatic carboxylic acids is 1. The molecule has 8 nitrogen and oxygen atoms in total. The third kappa shape index (κ3) is 4.61. The number of amides is 2. The van der Waals surface area contributed by atoms with Crippen LogP contribution in [0.2, 0.25) is 0 Å². The standard InChI is InChI=1S/C23H17N3O5S/c27-20(28)10-5-11-24-21(29)19-13-32-22(25-19)26-23(30)31-12-18-16-8-3-1-6-14(16)15-7-2-4-9-17(15)18/h1-4,6-9,13,18H,11-12H2,(H,24,29)(H,27,28)(H,25,26,30). The lowest BCUT2D eigenvalue weighted by Crippen LogP contribution is -2.24. The summed E-state index contributed by atoms with van der Waals surface area (Å²) in [4.78, 5) is 38.7. The van der Waals surface area contributed by atoms with E-state index in [0.717, 1.165) is 33.6 Å². The first-order valence-corrected chi connectivity index (χ1v) is 10.5. The number of aromatic nitrogens is 1. The normalized spacial score (nSPS) is 11.5. The summed E-state index contributed by atoms with van der Waals surface area (Å²) in [5.74, 6) is 2.32. The summed E-state index contributed by atoms with van der Waals surface area (Å²) in [7, 11) is 0. The molecule has 0 radical (unpaired) electrons. The van der Waals surface area contributed by atoms with Crippen LogP contribution >= 0.6 is 11.3 Å². The highest BCUT2D eigenvalue weighted by molar-refractivity contribution is 7.14. The average Bonchev–Trinajstić information content (AvgIpc) is 3.38. The molecule has 1 heterocycles. The number of ether oxygens (including phenoxy) is 1. The van der Waals surface area contributed by atoms with Crippen molar-refractivity contribution in [3.8, 4) is 23.0 Å². The lowest BCUT2D eigenvalue weighted by atomic mass is 9.98. The van der Waals surface area contributed by atoms with Gasteiger partial charge in [-0.2, -0.15) is 0 Å². The van der Waals surface area contributed by atoms with Crippen LogP contribution in [0.25, 0.3) is 11.1 Å². The topological polar surface area (TPSA) is 118 Å². The van der Waals surface area contributed by atoms with Crippen molar-refractivity contribution >= 4 is 34.4 Å². The fourth-order valence-corrected chi connectivity index (χ4v) is 4.17. The molecule has 0 saturated carbocycles. The molecule has 0 saturated heterocycles. The molecule has 0 atom stereocenters. The molecule has 3 aromatic rings. The molecule has 3 N–H and O–H groups in total. The number of hydrogen-bond donors (Lipinski definition) is 3. The van der Waals surface area contributed by atoms with Crippen molar-refractivity contribution in [3.63, 3.8) is 0 Å².